The molecule has 0 bridgehead atoms. The molecule has 0 atom stereocenters. The summed E-state index contributed by atoms with van der Waals surface area (Å²) in [7, 11) is 4.31. The van der Waals surface area contributed by atoms with E-state index in [1.807, 2.05) is 0 Å². The molecular weight excluding hydrogens is 138 g/mol. The van der Waals surface area contributed by atoms with Crippen molar-refractivity contribution in [2.45, 2.75) is 20.8 Å². The van der Waals surface area contributed by atoms with E-state index in [1.165, 1.54) is 0 Å². The van der Waals surface area contributed by atoms with Gasteiger partial charge in [0.15, 0.2) is 0 Å². The predicted octanol–water partition coefficient (Wildman–Crippen LogP) is 1.10. The molecule has 2 nitrogen and oxygen atoms in total. The largest absolute Gasteiger partial charge is 0.391 e. The van der Waals surface area contributed by atoms with Gasteiger partial charge in [0.25, 0.3) is 0 Å². The fourth-order valence-electron chi connectivity index (χ4n) is 1.63. The Bertz CT molecular complexity index is 113. The zero-order valence-corrected chi connectivity index (χ0v) is 8.52. The van der Waals surface area contributed by atoms with Crippen LogP contribution in [0.5, 0.6) is 0 Å². The minimum Gasteiger partial charge on any atom is -0.391 e. The van der Waals surface area contributed by atoms with E-state index in [-0.39, 0.29) is 6.61 Å². The Morgan fingerprint density at radius 1 is 1.18 bits per heavy atom. The van der Waals surface area contributed by atoms with Crippen molar-refractivity contribution >= 4 is 0 Å². The fourth-order valence-corrected chi connectivity index (χ4v) is 1.63. The van der Waals surface area contributed by atoms with Gasteiger partial charge in [-0.1, -0.05) is 20.8 Å². The molecule has 0 heterocycles. The van der Waals surface area contributed by atoms with E-state index >= 15 is 0 Å². The molecule has 0 radical (unpaired) electrons. The van der Waals surface area contributed by atoms with Crippen molar-refractivity contribution in [3.63, 3.8) is 0 Å². The molecule has 11 heavy (non-hydrogen) atoms. The average Bonchev–Trinajstić information content (AvgIpc) is 1.55. The first-order chi connectivity index (χ1) is 4.77. The van der Waals surface area contributed by atoms with Crippen molar-refractivity contribution in [1.82, 2.24) is 0 Å². The monoisotopic (exact) mass is 160 g/mol. The van der Waals surface area contributed by atoms with Gasteiger partial charge in [-0.05, 0) is 0 Å². The Morgan fingerprint density at radius 3 is 1.91 bits per heavy atom. The Hall–Kier alpha value is -0.0800. The van der Waals surface area contributed by atoms with Crippen LogP contribution in [0, 0.1) is 5.41 Å². The van der Waals surface area contributed by atoms with Crippen LogP contribution in [-0.2, 0) is 0 Å². The summed E-state index contributed by atoms with van der Waals surface area (Å²) < 4.78 is 0.903. The van der Waals surface area contributed by atoms with Gasteiger partial charge in [-0.2, -0.15) is 0 Å². The van der Waals surface area contributed by atoms with Gasteiger partial charge in [-0.15, -0.1) is 0 Å². The van der Waals surface area contributed by atoms with E-state index in [0.717, 1.165) is 17.6 Å². The van der Waals surface area contributed by atoms with Crippen LogP contribution in [0.4, 0.5) is 0 Å². The molecule has 0 aliphatic heterocycles. The molecule has 0 aromatic heterocycles. The third-order valence-corrected chi connectivity index (χ3v) is 1.61. The van der Waals surface area contributed by atoms with Crippen LogP contribution in [0.25, 0.3) is 0 Å². The molecule has 0 aliphatic carbocycles. The molecule has 0 aromatic rings. The number of likely N-dealkylation sites (N-methyl/N-ethyl adjacent to an activating group) is 1. The second kappa shape index (κ2) is 3.55. The van der Waals surface area contributed by atoms with E-state index < -0.39 is 0 Å². The zero-order chi connectivity index (χ0) is 9.12. The third-order valence-electron chi connectivity index (χ3n) is 1.61. The van der Waals surface area contributed by atoms with Gasteiger partial charge in [0.1, 0.15) is 6.54 Å². The Kier molecular flexibility index (Phi) is 3.52. The lowest BCUT2D eigenvalue weighted by atomic mass is 9.95. The SMILES string of the molecule is CC(C)(C)C[N+](C)(C)CCO. The first-order valence-electron chi connectivity index (χ1n) is 4.20. The molecule has 0 saturated carbocycles. The maximum Gasteiger partial charge on any atom is 0.102 e. The topological polar surface area (TPSA) is 20.2 Å². The third kappa shape index (κ3) is 6.32. The van der Waals surface area contributed by atoms with E-state index in [4.69, 9.17) is 5.11 Å². The number of rotatable bonds is 3. The van der Waals surface area contributed by atoms with Gasteiger partial charge in [0, 0.05) is 5.41 Å². The molecule has 2 heteroatoms. The lowest BCUT2D eigenvalue weighted by Gasteiger charge is -2.35. The summed E-state index contributed by atoms with van der Waals surface area (Å²) in [6.07, 6.45) is 0. The lowest BCUT2D eigenvalue weighted by molar-refractivity contribution is -0.896. The van der Waals surface area contributed by atoms with Crippen LogP contribution >= 0.6 is 0 Å². The highest BCUT2D eigenvalue weighted by Crippen LogP contribution is 2.17. The number of hydrogen-bond donors (Lipinski definition) is 1. The predicted molar refractivity (Wildman–Crippen MR) is 48.4 cm³/mol. The Balaban J connectivity index is 3.91. The second-order valence-corrected chi connectivity index (χ2v) is 5.10. The minimum absolute atomic E-state index is 0.281. The van der Waals surface area contributed by atoms with E-state index in [2.05, 4.69) is 34.9 Å². The molecule has 0 fully saturated rings. The van der Waals surface area contributed by atoms with Gasteiger partial charge in [-0.3, -0.25) is 0 Å². The molecule has 0 rings (SSSR count). The molecule has 0 aromatic carbocycles. The van der Waals surface area contributed by atoms with Gasteiger partial charge in [-0.25, -0.2) is 0 Å². The summed E-state index contributed by atoms with van der Waals surface area (Å²) in [6, 6.07) is 0. The quantitative estimate of drug-likeness (QED) is 0.613. The highest BCUT2D eigenvalue weighted by molar-refractivity contribution is 4.59. The van der Waals surface area contributed by atoms with Crippen molar-refractivity contribution in [2.24, 2.45) is 5.41 Å². The first-order valence-corrected chi connectivity index (χ1v) is 4.20. The lowest BCUT2D eigenvalue weighted by Crippen LogP contribution is -2.47. The summed E-state index contributed by atoms with van der Waals surface area (Å²) in [6.45, 7) is 8.91. The highest BCUT2D eigenvalue weighted by Gasteiger charge is 2.23. The van der Waals surface area contributed by atoms with Gasteiger partial charge in [0.2, 0.25) is 0 Å². The number of aliphatic hydroxyl groups is 1. The summed E-state index contributed by atoms with van der Waals surface area (Å²) in [5, 5.41) is 8.78. The fraction of sp³-hybridized carbons (Fsp3) is 1.00. The number of quaternary nitrogens is 1. The summed E-state index contributed by atoms with van der Waals surface area (Å²) in [4.78, 5) is 0. The number of hydrogen-bond acceptors (Lipinski definition) is 1. The van der Waals surface area contributed by atoms with Crippen LogP contribution in [0.3, 0.4) is 0 Å². The van der Waals surface area contributed by atoms with E-state index in [9.17, 15) is 0 Å². The second-order valence-electron chi connectivity index (χ2n) is 5.10. The Morgan fingerprint density at radius 2 is 1.64 bits per heavy atom. The molecule has 0 aliphatic rings. The van der Waals surface area contributed by atoms with E-state index in [0.29, 0.717) is 5.41 Å². The van der Waals surface area contributed by atoms with Crippen molar-refractivity contribution < 1.29 is 9.59 Å². The van der Waals surface area contributed by atoms with Crippen molar-refractivity contribution in [3.8, 4) is 0 Å². The zero-order valence-electron chi connectivity index (χ0n) is 8.52. The first kappa shape index (κ1) is 10.9. The summed E-state index contributed by atoms with van der Waals surface area (Å²) in [5.74, 6) is 0. The maximum absolute atomic E-state index is 8.78. The maximum atomic E-state index is 8.78. The van der Waals surface area contributed by atoms with Gasteiger partial charge < -0.3 is 9.59 Å². The standard InChI is InChI=1S/C9H22NO/c1-9(2,3)8-10(4,5)6-7-11/h11H,6-8H2,1-5H3/q+1. The van der Waals surface area contributed by atoms with Crippen LogP contribution in [0.15, 0.2) is 0 Å². The summed E-state index contributed by atoms with van der Waals surface area (Å²) >= 11 is 0. The van der Waals surface area contributed by atoms with Gasteiger partial charge in [0.05, 0.1) is 27.2 Å². The van der Waals surface area contributed by atoms with E-state index in [1.54, 1.807) is 0 Å². The molecular formula is C9H22NO+. The molecule has 0 unspecified atom stereocenters. The van der Waals surface area contributed by atoms with Crippen molar-refractivity contribution in [2.75, 3.05) is 33.8 Å². The van der Waals surface area contributed by atoms with Crippen LogP contribution in [0.2, 0.25) is 0 Å². The number of nitrogens with zero attached hydrogens (tertiary/aromatic N) is 1. The van der Waals surface area contributed by atoms with Crippen LogP contribution < -0.4 is 0 Å². The smallest absolute Gasteiger partial charge is 0.102 e. The highest BCUT2D eigenvalue weighted by atomic mass is 16.3. The molecule has 0 spiro atoms. The normalized spacial score (nSPS) is 13.6. The van der Waals surface area contributed by atoms with Crippen LogP contribution in [-0.4, -0.2) is 43.4 Å². The number of aliphatic hydroxyl groups excluding tert-OH is 1. The minimum atomic E-state index is 0.281. The molecule has 1 N–H and O–H groups in total. The van der Waals surface area contributed by atoms with Crippen LogP contribution in [0.1, 0.15) is 20.8 Å². The molecule has 0 saturated heterocycles. The molecule has 68 valence electrons. The Labute approximate surface area is 70.4 Å². The van der Waals surface area contributed by atoms with Crippen molar-refractivity contribution in [1.29, 1.82) is 0 Å². The van der Waals surface area contributed by atoms with Gasteiger partial charge >= 0.3 is 0 Å². The molecule has 0 amide bonds. The summed E-state index contributed by atoms with van der Waals surface area (Å²) in [5.41, 5.74) is 0.346. The average molecular weight is 160 g/mol. The van der Waals surface area contributed by atoms with Crippen molar-refractivity contribution in [3.05, 3.63) is 0 Å².